The van der Waals surface area contributed by atoms with Gasteiger partial charge in [-0.2, -0.15) is 10.4 Å². The van der Waals surface area contributed by atoms with E-state index < -0.39 is 0 Å². The maximum absolute atomic E-state index is 8.54. The molecule has 2 unspecified atom stereocenters. The average molecular weight is 191 g/mol. The summed E-state index contributed by atoms with van der Waals surface area (Å²) in [5, 5.41) is 12.6. The van der Waals surface area contributed by atoms with E-state index in [1.807, 2.05) is 19.4 Å². The Labute approximate surface area is 83.1 Å². The Morgan fingerprint density at radius 2 is 2.57 bits per heavy atom. The molecule has 74 valence electrons. The van der Waals surface area contributed by atoms with Gasteiger partial charge < -0.3 is 4.74 Å². The molecule has 4 nitrogen and oxygen atoms in total. The first-order valence-corrected chi connectivity index (χ1v) is 4.80. The minimum absolute atomic E-state index is 0.116. The minimum atomic E-state index is 0.116. The quantitative estimate of drug-likeness (QED) is 0.712. The van der Waals surface area contributed by atoms with Crippen molar-refractivity contribution in [1.29, 1.82) is 5.26 Å². The second kappa shape index (κ2) is 3.81. The van der Waals surface area contributed by atoms with Gasteiger partial charge in [0.15, 0.2) is 0 Å². The maximum atomic E-state index is 8.54. The summed E-state index contributed by atoms with van der Waals surface area (Å²) >= 11 is 0. The molecule has 1 aliphatic rings. The van der Waals surface area contributed by atoms with E-state index in [0.29, 0.717) is 6.42 Å². The summed E-state index contributed by atoms with van der Waals surface area (Å²) in [7, 11) is 1.89. The van der Waals surface area contributed by atoms with Crippen LogP contribution in [-0.4, -0.2) is 15.9 Å². The molecule has 1 fully saturated rings. The van der Waals surface area contributed by atoms with Crippen molar-refractivity contribution in [2.45, 2.75) is 31.5 Å². The molecular weight excluding hydrogens is 178 g/mol. The Kier molecular flexibility index (Phi) is 2.51. The van der Waals surface area contributed by atoms with Crippen molar-refractivity contribution in [1.82, 2.24) is 9.78 Å². The summed E-state index contributed by atoms with van der Waals surface area (Å²) in [6.07, 6.45) is 6.54. The number of hydrogen-bond donors (Lipinski definition) is 0. The van der Waals surface area contributed by atoms with Gasteiger partial charge in [-0.1, -0.05) is 0 Å². The third kappa shape index (κ3) is 1.78. The van der Waals surface area contributed by atoms with Crippen molar-refractivity contribution < 1.29 is 4.74 Å². The van der Waals surface area contributed by atoms with E-state index in [1.54, 1.807) is 4.68 Å². The molecule has 0 spiro atoms. The van der Waals surface area contributed by atoms with Crippen molar-refractivity contribution >= 4 is 0 Å². The van der Waals surface area contributed by atoms with Crippen molar-refractivity contribution in [3.05, 3.63) is 18.0 Å². The highest BCUT2D eigenvalue weighted by Crippen LogP contribution is 2.33. The Hall–Kier alpha value is -1.34. The lowest BCUT2D eigenvalue weighted by Gasteiger charge is -2.08. The lowest BCUT2D eigenvalue weighted by atomic mass is 10.1. The van der Waals surface area contributed by atoms with E-state index in [2.05, 4.69) is 11.2 Å². The summed E-state index contributed by atoms with van der Waals surface area (Å²) < 4.78 is 7.50. The Morgan fingerprint density at radius 1 is 1.71 bits per heavy atom. The van der Waals surface area contributed by atoms with Gasteiger partial charge in [-0.15, -0.1) is 0 Å². The summed E-state index contributed by atoms with van der Waals surface area (Å²) in [4.78, 5) is 0. The van der Waals surface area contributed by atoms with E-state index in [1.165, 1.54) is 0 Å². The summed E-state index contributed by atoms with van der Waals surface area (Å²) in [6.45, 7) is 0. The first-order chi connectivity index (χ1) is 6.79. The summed E-state index contributed by atoms with van der Waals surface area (Å²) in [6, 6.07) is 2.14. The lowest BCUT2D eigenvalue weighted by Crippen LogP contribution is -2.04. The Bertz CT molecular complexity index is 352. The largest absolute Gasteiger partial charge is 0.369 e. The van der Waals surface area contributed by atoms with Crippen molar-refractivity contribution in [3.63, 3.8) is 0 Å². The Morgan fingerprint density at radius 3 is 3.21 bits per heavy atom. The first kappa shape index (κ1) is 9.22. The van der Waals surface area contributed by atoms with Crippen LogP contribution in [0, 0.1) is 11.3 Å². The highest BCUT2D eigenvalue weighted by Gasteiger charge is 2.26. The van der Waals surface area contributed by atoms with Gasteiger partial charge in [0.1, 0.15) is 0 Å². The molecule has 0 radical (unpaired) electrons. The molecular formula is C10H13N3O. The third-order valence-electron chi connectivity index (χ3n) is 2.52. The zero-order chi connectivity index (χ0) is 9.97. The molecule has 14 heavy (non-hydrogen) atoms. The van der Waals surface area contributed by atoms with Crippen LogP contribution in [0.4, 0.5) is 0 Å². The van der Waals surface area contributed by atoms with Gasteiger partial charge in [0, 0.05) is 18.8 Å². The second-order valence-corrected chi connectivity index (χ2v) is 3.63. The average Bonchev–Trinajstić information content (AvgIpc) is 2.74. The van der Waals surface area contributed by atoms with Crippen LogP contribution in [0.25, 0.3) is 0 Å². The molecule has 0 amide bonds. The van der Waals surface area contributed by atoms with Crippen LogP contribution in [-0.2, 0) is 11.8 Å². The van der Waals surface area contributed by atoms with Crippen molar-refractivity contribution in [2.24, 2.45) is 7.05 Å². The molecule has 0 bridgehead atoms. The number of hydrogen-bond acceptors (Lipinski definition) is 3. The predicted octanol–water partition coefficient (Wildman–Crippen LogP) is 1.55. The summed E-state index contributed by atoms with van der Waals surface area (Å²) in [5.74, 6) is 0. The van der Waals surface area contributed by atoms with E-state index in [4.69, 9.17) is 10.00 Å². The summed E-state index contributed by atoms with van der Waals surface area (Å²) in [5.41, 5.74) is 1.12. The van der Waals surface area contributed by atoms with Crippen molar-refractivity contribution in [3.8, 4) is 6.07 Å². The van der Waals surface area contributed by atoms with Gasteiger partial charge in [0.25, 0.3) is 0 Å². The monoisotopic (exact) mass is 191 g/mol. The number of aryl methyl sites for hydroxylation is 1. The molecule has 1 saturated heterocycles. The van der Waals surface area contributed by atoms with Crippen molar-refractivity contribution in [2.75, 3.05) is 0 Å². The normalized spacial score (nSPS) is 26.3. The van der Waals surface area contributed by atoms with Crippen LogP contribution in [0.5, 0.6) is 0 Å². The number of rotatable bonds is 2. The number of nitrogens with zero attached hydrogens (tertiary/aromatic N) is 3. The molecule has 0 aromatic carbocycles. The van der Waals surface area contributed by atoms with Crippen LogP contribution in [0.3, 0.4) is 0 Å². The molecule has 2 heterocycles. The fourth-order valence-electron chi connectivity index (χ4n) is 1.81. The van der Waals surface area contributed by atoms with Crippen LogP contribution in [0.15, 0.2) is 12.4 Å². The van der Waals surface area contributed by atoms with Crippen LogP contribution < -0.4 is 0 Å². The minimum Gasteiger partial charge on any atom is -0.369 e. The highest BCUT2D eigenvalue weighted by molar-refractivity contribution is 5.09. The van der Waals surface area contributed by atoms with Gasteiger partial charge >= 0.3 is 0 Å². The number of ether oxygens (including phenoxy) is 1. The van der Waals surface area contributed by atoms with Gasteiger partial charge in [0.05, 0.1) is 30.9 Å². The fourth-order valence-corrected chi connectivity index (χ4v) is 1.81. The Balaban J connectivity index is 1.99. The molecule has 2 rings (SSSR count). The molecule has 0 saturated carbocycles. The zero-order valence-electron chi connectivity index (χ0n) is 8.18. The van der Waals surface area contributed by atoms with Gasteiger partial charge in [-0.05, 0) is 12.8 Å². The van der Waals surface area contributed by atoms with Gasteiger partial charge in [0.2, 0.25) is 0 Å². The van der Waals surface area contributed by atoms with Crippen LogP contribution in [0.2, 0.25) is 0 Å². The van der Waals surface area contributed by atoms with E-state index in [9.17, 15) is 0 Å². The molecule has 2 atom stereocenters. The predicted molar refractivity (Wildman–Crippen MR) is 50.3 cm³/mol. The highest BCUT2D eigenvalue weighted by atomic mass is 16.5. The smallest absolute Gasteiger partial charge is 0.0860 e. The third-order valence-corrected chi connectivity index (χ3v) is 2.52. The second-order valence-electron chi connectivity index (χ2n) is 3.63. The molecule has 0 aliphatic carbocycles. The molecule has 1 aromatic rings. The molecule has 0 N–H and O–H groups in total. The molecule has 4 heteroatoms. The van der Waals surface area contributed by atoms with E-state index >= 15 is 0 Å². The van der Waals surface area contributed by atoms with Gasteiger partial charge in [-0.3, -0.25) is 4.68 Å². The zero-order valence-corrected chi connectivity index (χ0v) is 8.18. The molecule has 1 aliphatic heterocycles. The van der Waals surface area contributed by atoms with Crippen LogP contribution in [0.1, 0.15) is 30.9 Å². The standard InChI is InChI=1S/C10H13N3O/c1-13-7-8(6-12-13)10-3-2-9(14-10)4-5-11/h6-7,9-10H,2-4H2,1H3. The number of aromatic nitrogens is 2. The van der Waals surface area contributed by atoms with Gasteiger partial charge in [-0.25, -0.2) is 0 Å². The lowest BCUT2D eigenvalue weighted by molar-refractivity contribution is 0.0475. The van der Waals surface area contributed by atoms with Crippen LogP contribution >= 0.6 is 0 Å². The first-order valence-electron chi connectivity index (χ1n) is 4.80. The van der Waals surface area contributed by atoms with E-state index in [-0.39, 0.29) is 12.2 Å². The molecule has 1 aromatic heterocycles. The van der Waals surface area contributed by atoms with E-state index in [0.717, 1.165) is 18.4 Å². The maximum Gasteiger partial charge on any atom is 0.0860 e. The topological polar surface area (TPSA) is 50.8 Å². The fraction of sp³-hybridized carbons (Fsp3) is 0.600. The number of nitriles is 1. The SMILES string of the molecule is Cn1cc(C2CCC(CC#N)O2)cn1.